The summed E-state index contributed by atoms with van der Waals surface area (Å²) in [7, 11) is 0. The van der Waals surface area contributed by atoms with Crippen molar-refractivity contribution in [3.05, 3.63) is 70.8 Å². The van der Waals surface area contributed by atoms with Crippen molar-refractivity contribution in [2.45, 2.75) is 156 Å². The molecule has 256 valence electrons. The molecular weight excluding hydrogens is 564 g/mol. The molecule has 0 amide bonds. The standard InChI is InChI=1S/C17H36O2.2C11H14O2/c1-5-9-13-17(14-10-6-2,15(18)11-7-3)16(19)12-8-4;2*1-11(2,3)9-6-4-8(5-7-9)10(12)13/h15-16,18-19H,5-14H2,1-4H3;2*4-7H,1-3H3,(H,12,13). The second kappa shape index (κ2) is 20.4. The first-order chi connectivity index (χ1) is 20.9. The second-order valence-electron chi connectivity index (χ2n) is 14.3. The molecule has 0 saturated heterocycles. The third-order valence-corrected chi connectivity index (χ3v) is 8.44. The number of carboxylic acids is 2. The number of aromatic carboxylic acids is 2. The molecule has 2 aromatic rings. The lowest BCUT2D eigenvalue weighted by molar-refractivity contribution is -0.0899. The molecule has 6 heteroatoms. The van der Waals surface area contributed by atoms with Crippen LogP contribution in [0.15, 0.2) is 48.5 Å². The Hall–Kier alpha value is -2.70. The predicted octanol–water partition coefficient (Wildman–Crippen LogP) is 10.0. The summed E-state index contributed by atoms with van der Waals surface area (Å²) in [5, 5.41) is 38.7. The van der Waals surface area contributed by atoms with E-state index < -0.39 is 11.9 Å². The molecule has 2 atom stereocenters. The monoisotopic (exact) mass is 628 g/mol. The van der Waals surface area contributed by atoms with Crippen LogP contribution in [-0.2, 0) is 10.8 Å². The minimum absolute atomic E-state index is 0.0804. The number of aliphatic hydroxyl groups is 2. The van der Waals surface area contributed by atoms with E-state index in [2.05, 4.69) is 69.2 Å². The Morgan fingerprint density at radius 1 is 0.556 bits per heavy atom. The van der Waals surface area contributed by atoms with Crippen LogP contribution in [0.2, 0.25) is 0 Å². The van der Waals surface area contributed by atoms with Crippen molar-refractivity contribution >= 4 is 11.9 Å². The fourth-order valence-electron chi connectivity index (χ4n) is 5.37. The van der Waals surface area contributed by atoms with E-state index in [-0.39, 0.29) is 28.5 Å². The molecule has 45 heavy (non-hydrogen) atoms. The van der Waals surface area contributed by atoms with Crippen LogP contribution in [-0.4, -0.2) is 44.6 Å². The molecule has 4 N–H and O–H groups in total. The lowest BCUT2D eigenvalue weighted by Gasteiger charge is -2.42. The number of hydrogen-bond donors (Lipinski definition) is 4. The van der Waals surface area contributed by atoms with Gasteiger partial charge in [-0.3, -0.25) is 0 Å². The van der Waals surface area contributed by atoms with Crippen LogP contribution in [0.5, 0.6) is 0 Å². The van der Waals surface area contributed by atoms with Gasteiger partial charge in [-0.15, -0.1) is 0 Å². The highest BCUT2D eigenvalue weighted by Gasteiger charge is 2.42. The van der Waals surface area contributed by atoms with Crippen molar-refractivity contribution in [2.24, 2.45) is 5.41 Å². The second-order valence-corrected chi connectivity index (χ2v) is 14.3. The van der Waals surface area contributed by atoms with Crippen molar-refractivity contribution in [3.8, 4) is 0 Å². The number of unbranched alkanes of at least 4 members (excludes halogenated alkanes) is 2. The van der Waals surface area contributed by atoms with Gasteiger partial charge in [0.1, 0.15) is 0 Å². The van der Waals surface area contributed by atoms with Crippen molar-refractivity contribution in [1.29, 1.82) is 0 Å². The maximum Gasteiger partial charge on any atom is 0.335 e. The van der Waals surface area contributed by atoms with Crippen LogP contribution in [0.25, 0.3) is 0 Å². The molecule has 2 unspecified atom stereocenters. The van der Waals surface area contributed by atoms with Crippen LogP contribution in [0.1, 0.15) is 165 Å². The van der Waals surface area contributed by atoms with E-state index in [9.17, 15) is 19.8 Å². The van der Waals surface area contributed by atoms with E-state index in [4.69, 9.17) is 10.2 Å². The molecule has 0 radical (unpaired) electrons. The predicted molar refractivity (Wildman–Crippen MR) is 188 cm³/mol. The number of benzene rings is 2. The maximum atomic E-state index is 10.6. The minimum atomic E-state index is -0.875. The smallest absolute Gasteiger partial charge is 0.335 e. The van der Waals surface area contributed by atoms with Gasteiger partial charge in [-0.25, -0.2) is 9.59 Å². The van der Waals surface area contributed by atoms with E-state index in [0.717, 1.165) is 75.3 Å². The van der Waals surface area contributed by atoms with E-state index in [1.807, 2.05) is 24.3 Å². The number of aliphatic hydroxyl groups excluding tert-OH is 2. The largest absolute Gasteiger partial charge is 0.478 e. The van der Waals surface area contributed by atoms with Crippen molar-refractivity contribution in [1.82, 2.24) is 0 Å². The fourth-order valence-corrected chi connectivity index (χ4v) is 5.37. The van der Waals surface area contributed by atoms with Gasteiger partial charge < -0.3 is 20.4 Å². The minimum Gasteiger partial charge on any atom is -0.478 e. The van der Waals surface area contributed by atoms with E-state index in [1.54, 1.807) is 24.3 Å². The molecule has 6 nitrogen and oxygen atoms in total. The average Bonchev–Trinajstić information content (AvgIpc) is 2.97. The third-order valence-electron chi connectivity index (χ3n) is 8.44. The Morgan fingerprint density at radius 2 is 0.844 bits per heavy atom. The Morgan fingerprint density at radius 3 is 1.04 bits per heavy atom. The van der Waals surface area contributed by atoms with Gasteiger partial charge in [0.15, 0.2) is 0 Å². The van der Waals surface area contributed by atoms with Gasteiger partial charge in [-0.1, -0.05) is 132 Å². The van der Waals surface area contributed by atoms with Crippen LogP contribution in [0.4, 0.5) is 0 Å². The number of rotatable bonds is 14. The van der Waals surface area contributed by atoms with Crippen molar-refractivity contribution in [3.63, 3.8) is 0 Å². The highest BCUT2D eigenvalue weighted by molar-refractivity contribution is 5.88. The normalized spacial score (nSPS) is 13.1. The lowest BCUT2D eigenvalue weighted by atomic mass is 9.67. The van der Waals surface area contributed by atoms with Gasteiger partial charge in [0.05, 0.1) is 23.3 Å². The Kier molecular flexibility index (Phi) is 19.2. The molecule has 2 rings (SSSR count). The first-order valence-electron chi connectivity index (χ1n) is 16.9. The zero-order valence-electron chi connectivity index (χ0n) is 29.9. The average molecular weight is 629 g/mol. The van der Waals surface area contributed by atoms with Gasteiger partial charge >= 0.3 is 11.9 Å². The molecule has 0 aliphatic heterocycles. The number of carbonyl (C=O) groups is 2. The van der Waals surface area contributed by atoms with Crippen molar-refractivity contribution < 1.29 is 30.0 Å². The van der Waals surface area contributed by atoms with Gasteiger partial charge in [0, 0.05) is 5.41 Å². The molecule has 0 heterocycles. The molecule has 0 aliphatic carbocycles. The van der Waals surface area contributed by atoms with Crippen LogP contribution < -0.4 is 0 Å². The third kappa shape index (κ3) is 15.0. The molecule has 2 aromatic carbocycles. The fraction of sp³-hybridized carbons (Fsp3) is 0.641. The van der Waals surface area contributed by atoms with Gasteiger partial charge in [-0.2, -0.15) is 0 Å². The summed E-state index contributed by atoms with van der Waals surface area (Å²) in [5.74, 6) is -1.75. The van der Waals surface area contributed by atoms with Gasteiger partial charge in [0.2, 0.25) is 0 Å². The summed E-state index contributed by atoms with van der Waals surface area (Å²) < 4.78 is 0. The number of carboxylic acid groups (broad SMARTS) is 2. The summed E-state index contributed by atoms with van der Waals surface area (Å²) in [4.78, 5) is 21.1. The Labute approximate surface area is 274 Å². The van der Waals surface area contributed by atoms with E-state index in [1.165, 1.54) is 0 Å². The molecular formula is C39H64O6. The zero-order chi connectivity index (χ0) is 34.8. The Balaban J connectivity index is 0.000000662. The molecule has 0 aliphatic rings. The van der Waals surface area contributed by atoms with Crippen molar-refractivity contribution in [2.75, 3.05) is 0 Å². The highest BCUT2D eigenvalue weighted by atomic mass is 16.4. The summed E-state index contributed by atoms with van der Waals surface area (Å²) in [6.45, 7) is 21.2. The van der Waals surface area contributed by atoms with E-state index >= 15 is 0 Å². The summed E-state index contributed by atoms with van der Waals surface area (Å²) in [5.41, 5.74) is 2.88. The lowest BCUT2D eigenvalue weighted by Crippen LogP contribution is -2.45. The molecule has 0 aromatic heterocycles. The molecule has 0 bridgehead atoms. The highest BCUT2D eigenvalue weighted by Crippen LogP contribution is 2.41. The topological polar surface area (TPSA) is 115 Å². The first kappa shape index (κ1) is 42.3. The molecule has 0 saturated carbocycles. The summed E-state index contributed by atoms with van der Waals surface area (Å²) in [6.07, 6.45) is 9.29. The van der Waals surface area contributed by atoms with Gasteiger partial charge in [-0.05, 0) is 71.9 Å². The molecule has 0 fully saturated rings. The quantitative estimate of drug-likeness (QED) is 0.165. The molecule has 0 spiro atoms. The van der Waals surface area contributed by atoms with Crippen LogP contribution in [0.3, 0.4) is 0 Å². The van der Waals surface area contributed by atoms with Crippen LogP contribution in [0, 0.1) is 5.41 Å². The number of hydrogen-bond acceptors (Lipinski definition) is 4. The first-order valence-corrected chi connectivity index (χ1v) is 16.9. The SMILES string of the molecule is CC(C)(C)c1ccc(C(=O)O)cc1.CC(C)(C)c1ccc(C(=O)O)cc1.CCCCC(CCCC)(C(O)CCC)C(O)CCC. The maximum absolute atomic E-state index is 10.6. The Bertz CT molecular complexity index is 1000. The van der Waals surface area contributed by atoms with E-state index in [0.29, 0.717) is 11.1 Å². The summed E-state index contributed by atoms with van der Waals surface area (Å²) >= 11 is 0. The summed E-state index contributed by atoms with van der Waals surface area (Å²) in [6, 6.07) is 14.0. The van der Waals surface area contributed by atoms with Crippen LogP contribution >= 0.6 is 0 Å². The zero-order valence-corrected chi connectivity index (χ0v) is 29.9. The van der Waals surface area contributed by atoms with Gasteiger partial charge in [0.25, 0.3) is 0 Å².